The highest BCUT2D eigenvalue weighted by Gasteiger charge is 2.55. The van der Waals surface area contributed by atoms with Crippen LogP contribution in [0.1, 0.15) is 30.0 Å². The lowest BCUT2D eigenvalue weighted by Crippen LogP contribution is -2.49. The maximum atomic E-state index is 13.6. The highest BCUT2D eigenvalue weighted by molar-refractivity contribution is 5.66. The van der Waals surface area contributed by atoms with Gasteiger partial charge in [0.1, 0.15) is 11.5 Å². The zero-order valence-corrected chi connectivity index (χ0v) is 14.7. The molecule has 3 rings (SSSR count). The summed E-state index contributed by atoms with van der Waals surface area (Å²) in [6.45, 7) is 1.33. The van der Waals surface area contributed by atoms with E-state index in [1.807, 2.05) is 0 Å². The molecule has 0 radical (unpaired) electrons. The molecule has 0 aromatic heterocycles. The molecule has 0 saturated carbocycles. The Morgan fingerprint density at radius 1 is 1.00 bits per heavy atom. The minimum atomic E-state index is -4.92. The van der Waals surface area contributed by atoms with Crippen LogP contribution in [0.15, 0.2) is 48.5 Å². The molecular weight excluding hydrogens is 386 g/mol. The van der Waals surface area contributed by atoms with Crippen LogP contribution in [-0.4, -0.2) is 18.1 Å². The molecule has 28 heavy (non-hydrogen) atoms. The average molecular weight is 402 g/mol. The Labute approximate surface area is 157 Å². The van der Waals surface area contributed by atoms with Gasteiger partial charge in [-0.15, -0.1) is 13.2 Å². The Morgan fingerprint density at radius 2 is 1.68 bits per heavy atom. The minimum absolute atomic E-state index is 0.0870. The van der Waals surface area contributed by atoms with Crippen molar-refractivity contribution in [1.29, 1.82) is 0 Å². The minimum Gasteiger partial charge on any atom is -0.473 e. The molecule has 0 bridgehead atoms. The molecule has 1 unspecified atom stereocenters. The van der Waals surface area contributed by atoms with Crippen molar-refractivity contribution in [2.45, 2.75) is 37.9 Å². The van der Waals surface area contributed by atoms with Crippen LogP contribution < -0.4 is 9.47 Å². The molecule has 8 heteroatoms. The van der Waals surface area contributed by atoms with Crippen molar-refractivity contribution in [3.05, 3.63) is 65.2 Å². The van der Waals surface area contributed by atoms with Gasteiger partial charge in [-0.1, -0.05) is 43.3 Å². The Kier molecular flexibility index (Phi) is 5.08. The molecule has 1 aliphatic heterocycles. The lowest BCUT2D eigenvalue weighted by molar-refractivity contribution is -0.274. The maximum absolute atomic E-state index is 13.6. The van der Waals surface area contributed by atoms with E-state index in [9.17, 15) is 26.3 Å². The van der Waals surface area contributed by atoms with E-state index >= 15 is 0 Å². The summed E-state index contributed by atoms with van der Waals surface area (Å²) in [7, 11) is 0. The third-order valence-corrected chi connectivity index (χ3v) is 4.46. The second-order valence-electron chi connectivity index (χ2n) is 6.39. The fourth-order valence-electron chi connectivity index (χ4n) is 3.05. The van der Waals surface area contributed by atoms with Crippen molar-refractivity contribution in [3.8, 4) is 11.5 Å². The third-order valence-electron chi connectivity index (χ3n) is 4.46. The molecule has 0 fully saturated rings. The molecule has 0 spiro atoms. The number of benzene rings is 2. The standard InChI is InChI=1S/C20H16F6O2/c1-2-18(19(21,22)23)9-8-14-11-16(27-20(24,25)26)12-15(17(14)28-18)10-13-6-4-3-5-7-13/h3-9,11-12H,2,10H2,1H3. The molecule has 150 valence electrons. The first-order valence-corrected chi connectivity index (χ1v) is 8.44. The van der Waals surface area contributed by atoms with Crippen molar-refractivity contribution in [2.75, 3.05) is 0 Å². The zero-order chi connectivity index (χ0) is 20.6. The van der Waals surface area contributed by atoms with Gasteiger partial charge in [0.05, 0.1) is 0 Å². The Hall–Kier alpha value is -2.64. The molecule has 1 aliphatic rings. The van der Waals surface area contributed by atoms with Gasteiger partial charge in [0.2, 0.25) is 5.60 Å². The summed E-state index contributed by atoms with van der Waals surface area (Å²) in [6, 6.07) is 10.7. The fourth-order valence-corrected chi connectivity index (χ4v) is 3.05. The van der Waals surface area contributed by atoms with Crippen LogP contribution in [0, 0.1) is 0 Å². The van der Waals surface area contributed by atoms with Gasteiger partial charge in [-0.05, 0) is 30.2 Å². The third kappa shape index (κ3) is 4.10. The summed E-state index contributed by atoms with van der Waals surface area (Å²) in [4.78, 5) is 0. The van der Waals surface area contributed by atoms with Crippen molar-refractivity contribution in [1.82, 2.24) is 0 Å². The number of rotatable bonds is 4. The van der Waals surface area contributed by atoms with Crippen molar-refractivity contribution in [2.24, 2.45) is 0 Å². The van der Waals surface area contributed by atoms with Crippen LogP contribution >= 0.6 is 0 Å². The number of fused-ring (bicyclic) bond motifs is 1. The molecule has 1 atom stereocenters. The normalized spacial score (nSPS) is 19.1. The van der Waals surface area contributed by atoms with Crippen LogP contribution in [-0.2, 0) is 6.42 Å². The van der Waals surface area contributed by atoms with Gasteiger partial charge in [-0.25, -0.2) is 0 Å². The van der Waals surface area contributed by atoms with Gasteiger partial charge in [-0.2, -0.15) is 13.2 Å². The quantitative estimate of drug-likeness (QED) is 0.560. The molecule has 0 amide bonds. The van der Waals surface area contributed by atoms with E-state index in [0.29, 0.717) is 5.56 Å². The maximum Gasteiger partial charge on any atom is 0.573 e. The lowest BCUT2D eigenvalue weighted by Gasteiger charge is -2.36. The molecule has 0 aliphatic carbocycles. The van der Waals surface area contributed by atoms with Crippen LogP contribution in [0.5, 0.6) is 11.5 Å². The predicted octanol–water partition coefficient (Wildman–Crippen LogP) is 6.29. The zero-order valence-electron chi connectivity index (χ0n) is 14.7. The molecule has 2 aromatic carbocycles. The van der Waals surface area contributed by atoms with E-state index in [0.717, 1.165) is 24.3 Å². The molecule has 1 heterocycles. The monoisotopic (exact) mass is 402 g/mol. The summed E-state index contributed by atoms with van der Waals surface area (Å²) >= 11 is 0. The van der Waals surface area contributed by atoms with Crippen molar-refractivity contribution >= 4 is 6.08 Å². The molecular formula is C20H16F6O2. The number of halogens is 6. The molecule has 2 nitrogen and oxygen atoms in total. The summed E-state index contributed by atoms with van der Waals surface area (Å²) in [5.41, 5.74) is -1.55. The SMILES string of the molecule is CCC1(C(F)(F)F)C=Cc2cc(OC(F)(F)F)cc(Cc3ccccc3)c2O1. The summed E-state index contributed by atoms with van der Waals surface area (Å²) in [6.07, 6.45) is -7.92. The summed E-state index contributed by atoms with van der Waals surface area (Å²) in [5.74, 6) is -0.610. The van der Waals surface area contributed by atoms with Gasteiger partial charge in [0.25, 0.3) is 0 Å². The second-order valence-corrected chi connectivity index (χ2v) is 6.39. The summed E-state index contributed by atoms with van der Waals surface area (Å²) < 4.78 is 88.1. The molecule has 0 saturated heterocycles. The number of ether oxygens (including phenoxy) is 2. The topological polar surface area (TPSA) is 18.5 Å². The van der Waals surface area contributed by atoms with Gasteiger partial charge in [0, 0.05) is 17.5 Å². The Bertz CT molecular complexity index is 871. The van der Waals surface area contributed by atoms with E-state index in [1.165, 1.54) is 6.92 Å². The van der Waals surface area contributed by atoms with E-state index < -0.39 is 23.9 Å². The van der Waals surface area contributed by atoms with Gasteiger partial charge in [-0.3, -0.25) is 0 Å². The highest BCUT2D eigenvalue weighted by atomic mass is 19.4. The largest absolute Gasteiger partial charge is 0.573 e. The van der Waals surface area contributed by atoms with Crippen LogP contribution in [0.3, 0.4) is 0 Å². The first-order chi connectivity index (χ1) is 13.0. The second kappa shape index (κ2) is 7.07. The first-order valence-electron chi connectivity index (χ1n) is 8.44. The summed E-state index contributed by atoms with van der Waals surface area (Å²) in [5, 5.41) is 0. The smallest absolute Gasteiger partial charge is 0.473 e. The van der Waals surface area contributed by atoms with E-state index in [1.54, 1.807) is 30.3 Å². The average Bonchev–Trinajstić information content (AvgIpc) is 2.60. The number of alkyl halides is 6. The van der Waals surface area contributed by atoms with Crippen molar-refractivity contribution < 1.29 is 35.8 Å². The van der Waals surface area contributed by atoms with E-state index in [-0.39, 0.29) is 29.7 Å². The highest BCUT2D eigenvalue weighted by Crippen LogP contribution is 2.46. The predicted molar refractivity (Wildman–Crippen MR) is 91.1 cm³/mol. The Morgan fingerprint density at radius 3 is 2.25 bits per heavy atom. The first kappa shape index (κ1) is 20.1. The van der Waals surface area contributed by atoms with Crippen LogP contribution in [0.4, 0.5) is 26.3 Å². The molecule has 2 aromatic rings. The van der Waals surface area contributed by atoms with Crippen LogP contribution in [0.25, 0.3) is 6.08 Å². The van der Waals surface area contributed by atoms with Gasteiger partial charge >= 0.3 is 12.5 Å². The van der Waals surface area contributed by atoms with E-state index in [4.69, 9.17) is 4.74 Å². The van der Waals surface area contributed by atoms with Gasteiger partial charge in [0.15, 0.2) is 0 Å². The van der Waals surface area contributed by atoms with E-state index in [2.05, 4.69) is 4.74 Å². The fraction of sp³-hybridized carbons (Fsp3) is 0.300. The van der Waals surface area contributed by atoms with Crippen molar-refractivity contribution in [3.63, 3.8) is 0 Å². The van der Waals surface area contributed by atoms with Gasteiger partial charge < -0.3 is 9.47 Å². The molecule has 0 N–H and O–H groups in total. The number of hydrogen-bond donors (Lipinski definition) is 0. The lowest BCUT2D eigenvalue weighted by atomic mass is 9.92. The van der Waals surface area contributed by atoms with Crippen LogP contribution in [0.2, 0.25) is 0 Å². The number of hydrogen-bond acceptors (Lipinski definition) is 2. The Balaban J connectivity index is 2.09.